The number of carbonyl (C=O) groups is 4. The van der Waals surface area contributed by atoms with Gasteiger partial charge >= 0.3 is 11.9 Å². The van der Waals surface area contributed by atoms with Crippen molar-refractivity contribution in [3.63, 3.8) is 0 Å². The molecule has 1 aliphatic heterocycles. The van der Waals surface area contributed by atoms with E-state index in [1.54, 1.807) is 4.90 Å². The second-order valence-electron chi connectivity index (χ2n) is 7.77. The maximum Gasteiger partial charge on any atom is 0.336 e. The number of carboxylic acids is 2. The lowest BCUT2D eigenvalue weighted by atomic mass is 9.78. The third-order valence-corrected chi connectivity index (χ3v) is 6.01. The van der Waals surface area contributed by atoms with E-state index in [9.17, 15) is 39.5 Å². The van der Waals surface area contributed by atoms with Crippen molar-refractivity contribution < 1.29 is 34.3 Å². The number of rotatable bonds is 9. The Balaban J connectivity index is 1.52. The van der Waals surface area contributed by atoms with E-state index in [1.165, 1.54) is 0 Å². The topological polar surface area (TPSA) is 167 Å². The number of nitrogens with zero attached hydrogens (tertiary/aromatic N) is 2. The highest BCUT2D eigenvalue weighted by molar-refractivity contribution is 6.06. The first-order valence-corrected chi connectivity index (χ1v) is 10.0. The molecule has 2 aliphatic rings. The summed E-state index contributed by atoms with van der Waals surface area (Å²) in [7, 11) is 0. The predicted molar refractivity (Wildman–Crippen MR) is 106 cm³/mol. The van der Waals surface area contributed by atoms with Crippen molar-refractivity contribution in [2.75, 3.05) is 13.1 Å². The van der Waals surface area contributed by atoms with Gasteiger partial charge in [0.1, 0.15) is 5.54 Å². The Hall–Kier alpha value is -3.50. The highest BCUT2D eigenvalue weighted by Crippen LogP contribution is 2.50. The molecule has 0 radical (unpaired) electrons. The first-order chi connectivity index (χ1) is 14.7. The van der Waals surface area contributed by atoms with E-state index in [1.807, 2.05) is 0 Å². The fourth-order valence-electron chi connectivity index (χ4n) is 4.40. The second kappa shape index (κ2) is 8.70. The molecule has 1 heterocycles. The highest BCUT2D eigenvalue weighted by atomic mass is 16.6. The van der Waals surface area contributed by atoms with Crippen molar-refractivity contribution in [3.05, 3.63) is 39.4 Å². The van der Waals surface area contributed by atoms with E-state index < -0.39 is 34.2 Å². The van der Waals surface area contributed by atoms with E-state index >= 15 is 0 Å². The molecule has 1 saturated heterocycles. The minimum Gasteiger partial charge on any atom is -0.481 e. The largest absolute Gasteiger partial charge is 0.481 e. The molecule has 31 heavy (non-hydrogen) atoms. The third kappa shape index (κ3) is 4.21. The monoisotopic (exact) mass is 433 g/mol. The van der Waals surface area contributed by atoms with Gasteiger partial charge in [-0.15, -0.1) is 0 Å². The standard InChI is InChI=1S/C20H23N3O8/c24-16(14-11-12(23(30)31)6-7-13(14)17(25)26)21-9-3-4-10-22-19(29)20(22)8-2-1-5-15(20)18(27)28/h6-7,11,15H,1-5,8-10H2,(H,21,24)(H,25,26)(H,27,28). The molecule has 11 nitrogen and oxygen atoms in total. The first kappa shape index (κ1) is 22.2. The zero-order valence-corrected chi connectivity index (χ0v) is 16.7. The van der Waals surface area contributed by atoms with Crippen LogP contribution < -0.4 is 5.32 Å². The molecule has 0 aromatic heterocycles. The zero-order chi connectivity index (χ0) is 22.8. The van der Waals surface area contributed by atoms with Crippen LogP contribution in [0, 0.1) is 16.0 Å². The van der Waals surface area contributed by atoms with Crippen LogP contribution in [0.4, 0.5) is 5.69 Å². The molecular formula is C20H23N3O8. The number of unbranched alkanes of at least 4 members (excludes halogenated alkanes) is 1. The lowest BCUT2D eigenvalue weighted by Gasteiger charge is -2.27. The molecule has 166 valence electrons. The number of carbonyl (C=O) groups excluding carboxylic acids is 2. The van der Waals surface area contributed by atoms with Crippen LogP contribution in [0.25, 0.3) is 0 Å². The van der Waals surface area contributed by atoms with Crippen LogP contribution in [0.15, 0.2) is 18.2 Å². The number of benzene rings is 1. The molecule has 3 N–H and O–H groups in total. The van der Waals surface area contributed by atoms with Crippen LogP contribution in [0.5, 0.6) is 0 Å². The molecule has 2 unspecified atom stereocenters. The smallest absolute Gasteiger partial charge is 0.336 e. The Labute approximate surface area is 177 Å². The number of nitro benzene ring substituents is 1. The number of nitro groups is 1. The SMILES string of the molecule is O=C(O)c1ccc([N+](=O)[O-])cc1C(=O)NCCCCN1C(=O)C12CCCCC2C(=O)O. The predicted octanol–water partition coefficient (Wildman–Crippen LogP) is 1.66. The van der Waals surface area contributed by atoms with Crippen molar-refractivity contribution in [2.24, 2.45) is 5.92 Å². The van der Waals surface area contributed by atoms with Crippen LogP contribution in [0.1, 0.15) is 59.2 Å². The summed E-state index contributed by atoms with van der Waals surface area (Å²) in [6.45, 7) is 0.563. The van der Waals surface area contributed by atoms with Gasteiger partial charge in [0.2, 0.25) is 5.91 Å². The van der Waals surface area contributed by atoms with E-state index in [0.717, 1.165) is 31.0 Å². The highest BCUT2D eigenvalue weighted by Gasteiger charge is 2.68. The van der Waals surface area contributed by atoms with Crippen molar-refractivity contribution in [3.8, 4) is 0 Å². The summed E-state index contributed by atoms with van der Waals surface area (Å²) in [4.78, 5) is 59.3. The minimum atomic E-state index is -1.37. The summed E-state index contributed by atoms with van der Waals surface area (Å²) in [5.74, 6) is -3.87. The van der Waals surface area contributed by atoms with Crippen molar-refractivity contribution in [2.45, 2.75) is 44.1 Å². The Kier molecular flexibility index (Phi) is 6.23. The van der Waals surface area contributed by atoms with Crippen LogP contribution in [-0.4, -0.2) is 62.4 Å². The van der Waals surface area contributed by atoms with Crippen molar-refractivity contribution in [1.82, 2.24) is 10.2 Å². The lowest BCUT2D eigenvalue weighted by Crippen LogP contribution is -2.38. The van der Waals surface area contributed by atoms with Crippen LogP contribution in [0.2, 0.25) is 0 Å². The van der Waals surface area contributed by atoms with Gasteiger partial charge in [-0.3, -0.25) is 24.5 Å². The summed E-state index contributed by atoms with van der Waals surface area (Å²) in [5, 5.41) is 32.1. The number of non-ortho nitro benzene ring substituents is 1. The van der Waals surface area contributed by atoms with Gasteiger partial charge < -0.3 is 20.4 Å². The fraction of sp³-hybridized carbons (Fsp3) is 0.500. The summed E-state index contributed by atoms with van der Waals surface area (Å²) < 4.78 is 0. The maximum atomic E-state index is 12.3. The molecule has 11 heteroatoms. The number of nitrogens with one attached hydrogen (secondary N) is 1. The van der Waals surface area contributed by atoms with Gasteiger partial charge in [-0.25, -0.2) is 4.79 Å². The molecule has 1 spiro atoms. The molecule has 1 aliphatic carbocycles. The average Bonchev–Trinajstić information content (AvgIpc) is 3.28. The Bertz CT molecular complexity index is 946. The zero-order valence-electron chi connectivity index (χ0n) is 16.7. The van der Waals surface area contributed by atoms with Crippen LogP contribution in [-0.2, 0) is 9.59 Å². The summed E-state index contributed by atoms with van der Waals surface area (Å²) >= 11 is 0. The van der Waals surface area contributed by atoms with Gasteiger partial charge in [0.05, 0.1) is 22.0 Å². The number of aliphatic carboxylic acids is 1. The van der Waals surface area contributed by atoms with Crippen molar-refractivity contribution >= 4 is 29.4 Å². The molecular weight excluding hydrogens is 410 g/mol. The number of amides is 2. The van der Waals surface area contributed by atoms with Crippen LogP contribution in [0.3, 0.4) is 0 Å². The molecule has 2 fully saturated rings. The molecule has 2 atom stereocenters. The fourth-order valence-corrected chi connectivity index (χ4v) is 4.40. The molecule has 2 amide bonds. The normalized spacial score (nSPS) is 22.3. The number of aromatic carboxylic acids is 1. The van der Waals surface area contributed by atoms with Gasteiger partial charge in [0.15, 0.2) is 0 Å². The van der Waals surface area contributed by atoms with Gasteiger partial charge in [-0.1, -0.05) is 12.8 Å². The Morgan fingerprint density at radius 2 is 1.94 bits per heavy atom. The maximum absolute atomic E-state index is 12.3. The molecule has 3 rings (SSSR count). The number of hydrogen-bond acceptors (Lipinski definition) is 6. The molecule has 1 saturated carbocycles. The molecule has 1 aromatic rings. The second-order valence-corrected chi connectivity index (χ2v) is 7.77. The third-order valence-electron chi connectivity index (χ3n) is 6.01. The Morgan fingerprint density at radius 1 is 1.19 bits per heavy atom. The summed E-state index contributed by atoms with van der Waals surface area (Å²) in [6.07, 6.45) is 3.65. The van der Waals surface area contributed by atoms with Crippen molar-refractivity contribution in [1.29, 1.82) is 0 Å². The summed E-state index contributed by atoms with van der Waals surface area (Å²) in [6, 6.07) is 2.96. The molecule has 0 bridgehead atoms. The summed E-state index contributed by atoms with van der Waals surface area (Å²) in [5.41, 5.74) is -1.90. The first-order valence-electron chi connectivity index (χ1n) is 10.0. The quantitative estimate of drug-likeness (QED) is 0.229. The van der Waals surface area contributed by atoms with E-state index in [2.05, 4.69) is 5.32 Å². The van der Waals surface area contributed by atoms with Gasteiger partial charge in [-0.05, 0) is 31.7 Å². The van der Waals surface area contributed by atoms with E-state index in [-0.39, 0.29) is 29.3 Å². The number of hydrogen-bond donors (Lipinski definition) is 3. The lowest BCUT2D eigenvalue weighted by molar-refractivity contribution is -0.384. The van der Waals surface area contributed by atoms with Crippen LogP contribution >= 0.6 is 0 Å². The van der Waals surface area contributed by atoms with E-state index in [4.69, 9.17) is 0 Å². The van der Waals surface area contributed by atoms with E-state index in [0.29, 0.717) is 32.2 Å². The van der Waals surface area contributed by atoms with Gasteiger partial charge in [0, 0.05) is 25.2 Å². The minimum absolute atomic E-state index is 0.133. The van der Waals surface area contributed by atoms with Gasteiger partial charge in [-0.2, -0.15) is 0 Å². The molecule has 1 aromatic carbocycles. The van der Waals surface area contributed by atoms with Gasteiger partial charge in [0.25, 0.3) is 11.6 Å². The Morgan fingerprint density at radius 3 is 2.58 bits per heavy atom. The number of carboxylic acid groups (broad SMARTS) is 2. The average molecular weight is 433 g/mol.